The summed E-state index contributed by atoms with van der Waals surface area (Å²) in [5.74, 6) is 1.26. The van der Waals surface area contributed by atoms with Gasteiger partial charge in [-0.15, -0.1) is 12.8 Å². The van der Waals surface area contributed by atoms with Crippen LogP contribution in [-0.4, -0.2) is 65.8 Å². The third-order valence-corrected chi connectivity index (χ3v) is 9.90. The first-order valence-corrected chi connectivity index (χ1v) is 21.4. The van der Waals surface area contributed by atoms with Gasteiger partial charge < -0.3 is 19.9 Å². The number of halogens is 4. The molecule has 0 amide bonds. The number of rotatable bonds is 21. The topological polar surface area (TPSA) is 63.1 Å². The monoisotopic (exact) mass is 851 g/mol. The highest BCUT2D eigenvalue weighted by Crippen LogP contribution is 2.43. The van der Waals surface area contributed by atoms with E-state index in [0.29, 0.717) is 58.3 Å². The van der Waals surface area contributed by atoms with Crippen LogP contribution in [0.15, 0.2) is 88.0 Å². The number of ether oxygens (including phenoxy) is 2. The Labute approximate surface area is 366 Å². The van der Waals surface area contributed by atoms with Crippen LogP contribution in [0, 0.1) is 35.9 Å². The molecule has 346 valence electrons. The maximum atomic E-state index is 15.1. The van der Waals surface area contributed by atoms with Crippen molar-refractivity contribution in [2.75, 3.05) is 48.3 Å². The molecule has 1 aromatic carbocycles. The van der Waals surface area contributed by atoms with Gasteiger partial charge in [-0.1, -0.05) is 70.0 Å². The Bertz CT molecular complexity index is 1370. The molecule has 2 N–H and O–H groups in total. The molecule has 5 nitrogen and oxygen atoms in total. The second-order valence-corrected chi connectivity index (χ2v) is 15.8. The van der Waals surface area contributed by atoms with Gasteiger partial charge in [0, 0.05) is 20.1 Å². The summed E-state index contributed by atoms with van der Waals surface area (Å²) in [7, 11) is 4.67. The summed E-state index contributed by atoms with van der Waals surface area (Å²) < 4.78 is 58.3. The van der Waals surface area contributed by atoms with Crippen LogP contribution in [0.3, 0.4) is 0 Å². The van der Waals surface area contributed by atoms with Crippen LogP contribution in [0.2, 0.25) is 0 Å². The van der Waals surface area contributed by atoms with Gasteiger partial charge in [0.05, 0.1) is 32.9 Å². The average Bonchev–Trinajstić information content (AvgIpc) is 3.22. The zero-order valence-electron chi connectivity index (χ0n) is 40.1. The number of alkyl halides is 3. The number of nitrogens with zero attached hydrogens (tertiary/aromatic N) is 1. The molecule has 1 aliphatic rings. The lowest BCUT2D eigenvalue weighted by Gasteiger charge is -2.35. The number of hydrogen-bond acceptors (Lipinski definition) is 5. The predicted octanol–water partition coefficient (Wildman–Crippen LogP) is 14.8. The van der Waals surface area contributed by atoms with E-state index in [1.165, 1.54) is 28.7 Å². The minimum absolute atomic E-state index is 0.0947. The fourth-order valence-corrected chi connectivity index (χ4v) is 6.83. The lowest BCUT2D eigenvalue weighted by Crippen LogP contribution is -2.28. The number of benzene rings is 1. The molecule has 60 heavy (non-hydrogen) atoms. The van der Waals surface area contributed by atoms with Gasteiger partial charge in [0.2, 0.25) is 0 Å². The van der Waals surface area contributed by atoms with Gasteiger partial charge in [-0.05, 0) is 171 Å². The van der Waals surface area contributed by atoms with E-state index in [2.05, 4.69) is 94.9 Å². The van der Waals surface area contributed by atoms with Gasteiger partial charge in [0.1, 0.15) is 17.2 Å². The lowest BCUT2D eigenvalue weighted by atomic mass is 9.72. The van der Waals surface area contributed by atoms with E-state index in [-0.39, 0.29) is 22.9 Å². The molecular weight excluding hydrogens is 765 g/mol. The van der Waals surface area contributed by atoms with Crippen molar-refractivity contribution in [3.05, 3.63) is 94.4 Å². The summed E-state index contributed by atoms with van der Waals surface area (Å²) in [6, 6.07) is 6.86. The Kier molecular flexibility index (Phi) is 41.5. The van der Waals surface area contributed by atoms with Crippen molar-refractivity contribution in [2.24, 2.45) is 22.2 Å². The zero-order chi connectivity index (χ0) is 47.2. The molecule has 0 heterocycles. The van der Waals surface area contributed by atoms with Gasteiger partial charge in [-0.2, -0.15) is 0 Å². The van der Waals surface area contributed by atoms with Crippen molar-refractivity contribution in [1.29, 1.82) is 0 Å². The van der Waals surface area contributed by atoms with Crippen LogP contribution >= 0.6 is 0 Å². The summed E-state index contributed by atoms with van der Waals surface area (Å²) in [6.45, 7) is 28.2. The van der Waals surface area contributed by atoms with Crippen LogP contribution in [0.4, 0.5) is 17.6 Å². The molecule has 1 aliphatic carbocycles. The Morgan fingerprint density at radius 3 is 2.02 bits per heavy atom. The first-order valence-electron chi connectivity index (χ1n) is 21.4. The van der Waals surface area contributed by atoms with Gasteiger partial charge in [-0.3, -0.25) is 13.8 Å². The van der Waals surface area contributed by atoms with E-state index in [1.807, 2.05) is 33.0 Å². The molecule has 1 atom stereocenters. The molecule has 0 spiro atoms. The van der Waals surface area contributed by atoms with Gasteiger partial charge in [0.15, 0.2) is 0 Å². The van der Waals surface area contributed by atoms with E-state index in [4.69, 9.17) is 4.74 Å². The first kappa shape index (κ1) is 63.0. The zero-order valence-corrected chi connectivity index (χ0v) is 40.1. The summed E-state index contributed by atoms with van der Waals surface area (Å²) in [5, 5.41) is 13.3. The molecule has 1 aromatic rings. The summed E-state index contributed by atoms with van der Waals surface area (Å²) >= 11 is 0. The molecule has 9 heteroatoms. The fraction of sp³-hybridized carbons (Fsp3) is 0.627. The fourth-order valence-electron chi connectivity index (χ4n) is 6.83. The number of nitrogens with one attached hydrogen (secondary N) is 1. The highest BCUT2D eigenvalue weighted by atomic mass is 19.1. The van der Waals surface area contributed by atoms with Crippen molar-refractivity contribution in [2.45, 2.75) is 145 Å². The van der Waals surface area contributed by atoms with Crippen molar-refractivity contribution in [3.63, 3.8) is 0 Å². The summed E-state index contributed by atoms with van der Waals surface area (Å²) in [5.41, 5.74) is 5.05. The predicted molar refractivity (Wildman–Crippen MR) is 254 cm³/mol. The van der Waals surface area contributed by atoms with Crippen LogP contribution in [-0.2, 0) is 15.9 Å². The highest BCUT2D eigenvalue weighted by Gasteiger charge is 2.34. The number of hydrogen-bond donors (Lipinski definition) is 2. The molecule has 1 saturated carbocycles. The van der Waals surface area contributed by atoms with Gasteiger partial charge in [-0.25, -0.2) is 8.78 Å². The smallest absolute Gasteiger partial charge is 0.137 e. The molecule has 0 aliphatic heterocycles. The van der Waals surface area contributed by atoms with E-state index >= 15 is 4.39 Å². The molecule has 1 fully saturated rings. The number of terminal acetylenes is 1. The normalized spacial score (nSPS) is 17.4. The van der Waals surface area contributed by atoms with E-state index in [1.54, 1.807) is 32.4 Å². The number of aliphatic imine (C=N–C) groups is 1. The van der Waals surface area contributed by atoms with E-state index in [9.17, 15) is 18.3 Å². The second kappa shape index (κ2) is 39.5. The van der Waals surface area contributed by atoms with Gasteiger partial charge >= 0.3 is 0 Å². The Balaban J connectivity index is -0.00000107. The molecule has 0 saturated heterocycles. The molecule has 0 radical (unpaired) electrons. The minimum Gasteiger partial charge on any atom is -0.513 e. The van der Waals surface area contributed by atoms with Gasteiger partial charge in [0.25, 0.3) is 0 Å². The molecule has 1 unspecified atom stereocenters. The van der Waals surface area contributed by atoms with E-state index < -0.39 is 5.67 Å². The average molecular weight is 851 g/mol. The maximum Gasteiger partial charge on any atom is 0.137 e. The number of aliphatic hydroxyl groups excluding tert-OH is 1. The molecule has 0 bridgehead atoms. The number of aliphatic hydroxyl groups is 1. The first-order chi connectivity index (χ1) is 28.5. The third-order valence-electron chi connectivity index (χ3n) is 9.90. The largest absolute Gasteiger partial charge is 0.513 e. The Hall–Kier alpha value is -3.61. The Morgan fingerprint density at radius 2 is 1.57 bits per heavy atom. The van der Waals surface area contributed by atoms with Crippen molar-refractivity contribution in [1.82, 2.24) is 5.32 Å². The summed E-state index contributed by atoms with van der Waals surface area (Å²) in [4.78, 5) is 3.90. The van der Waals surface area contributed by atoms with E-state index in [0.717, 1.165) is 63.7 Å². The van der Waals surface area contributed by atoms with Crippen LogP contribution < -0.4 is 5.32 Å². The van der Waals surface area contributed by atoms with Crippen molar-refractivity contribution >= 4 is 6.72 Å². The van der Waals surface area contributed by atoms with Crippen molar-refractivity contribution in [3.8, 4) is 12.8 Å². The minimum atomic E-state index is -1.13. The molecular formula is C51H86F4N2O3. The van der Waals surface area contributed by atoms with Crippen LogP contribution in [0.5, 0.6) is 0 Å². The maximum absolute atomic E-state index is 15.1. The Morgan fingerprint density at radius 1 is 1.03 bits per heavy atom. The lowest BCUT2D eigenvalue weighted by molar-refractivity contribution is 0.112. The summed E-state index contributed by atoms with van der Waals surface area (Å²) in [6.07, 6.45) is 23.9. The number of allylic oxidation sites excluding steroid dienone is 7. The second-order valence-electron chi connectivity index (χ2n) is 15.8. The SMILES string of the molecule is C#C.C=N/C=C(\C=C(\C)CCC(CCNC)/C(C)=C(Cc1ccc(F)cc1)/C(=C/CCC(C)(C)CC(=C)O)C1CCC(C)(F)CC1)OCC.CCC.CCOC.CF.CF. The number of methoxy groups -OCH3 is 1. The molecule has 2 rings (SSSR count). The quantitative estimate of drug-likeness (QED) is 0.0425. The highest BCUT2D eigenvalue weighted by molar-refractivity contribution is 5.42. The van der Waals surface area contributed by atoms with Crippen LogP contribution in [0.25, 0.3) is 0 Å². The van der Waals surface area contributed by atoms with Crippen LogP contribution in [0.1, 0.15) is 139 Å². The van der Waals surface area contributed by atoms with Crippen molar-refractivity contribution < 1.29 is 32.1 Å². The molecule has 0 aromatic heterocycles. The standard InChI is InChI=1S/C41H62F2N2O2.C3H8O.C3H8.C2H2.2CH3F/c1-10-47-37(29-45-9)26-30(2)13-16-34(21-25-44-8)32(4)39(27-33-14-17-36(42)18-15-33)38(35-19-23-41(7,43)24-20-35)12-11-22-40(5,6)28-31(3)46;1-3-4-2;1-3-2;3*1-2/h12,14-15,17-18,26,29,34-35,44,46H,3,9-11,13,16,19-25,27-28H2,1-2,4-8H3;3H2,1-2H3;3H2,1-2H3;1-2H;2*1H3/b30-26-,37-29+,38-12+,39-32+;;;;;. The third kappa shape index (κ3) is 31.3.